The standard InChI is InChI=1S/C20H21ClFN5O3S/c1-27-14(8-11-25-27)13-4-2-3-5-15(13)30-16-6-7-17(20(22)19(16)21)31(28,29)26-18-9-10-23-12-24-18/h6-13,15H,2-5H2,1H3,(H,23,24,26)/t13?,15-/m0/s1. The normalized spacial score (nSPS) is 19.2. The Hall–Kier alpha value is -2.72. The van der Waals surface area contributed by atoms with Crippen LogP contribution in [0.5, 0.6) is 5.75 Å². The van der Waals surface area contributed by atoms with Crippen molar-refractivity contribution in [1.29, 1.82) is 0 Å². The van der Waals surface area contributed by atoms with E-state index in [4.69, 9.17) is 16.3 Å². The second-order valence-corrected chi connectivity index (χ2v) is 9.35. The fourth-order valence-electron chi connectivity index (χ4n) is 3.84. The SMILES string of the molecule is Cn1nccc1C1CCCC[C@@H]1Oc1ccc(S(=O)(=O)Nc2ccncn2)c(F)c1Cl. The molecule has 0 amide bonds. The molecule has 1 unspecified atom stereocenters. The van der Waals surface area contributed by atoms with Gasteiger partial charge >= 0.3 is 0 Å². The lowest BCUT2D eigenvalue weighted by atomic mass is 9.84. The minimum Gasteiger partial charge on any atom is -0.488 e. The Balaban J connectivity index is 1.59. The predicted octanol–water partition coefficient (Wildman–Crippen LogP) is 3.91. The van der Waals surface area contributed by atoms with Gasteiger partial charge in [0.15, 0.2) is 5.82 Å². The Kier molecular flexibility index (Phi) is 6.10. The summed E-state index contributed by atoms with van der Waals surface area (Å²) < 4.78 is 50.3. The molecule has 1 fully saturated rings. The van der Waals surface area contributed by atoms with Crippen LogP contribution in [-0.4, -0.2) is 34.3 Å². The molecule has 2 heterocycles. The van der Waals surface area contributed by atoms with Gasteiger partial charge in [-0.15, -0.1) is 0 Å². The van der Waals surface area contributed by atoms with E-state index in [2.05, 4.69) is 19.8 Å². The van der Waals surface area contributed by atoms with E-state index in [9.17, 15) is 12.8 Å². The first kappa shape index (κ1) is 21.5. The highest BCUT2D eigenvalue weighted by Crippen LogP contribution is 2.39. The number of anilines is 1. The quantitative estimate of drug-likeness (QED) is 0.592. The van der Waals surface area contributed by atoms with Crippen molar-refractivity contribution in [1.82, 2.24) is 19.7 Å². The molecule has 1 N–H and O–H groups in total. The van der Waals surface area contributed by atoms with Gasteiger partial charge in [0.1, 0.15) is 33.9 Å². The average Bonchev–Trinajstić information content (AvgIpc) is 3.18. The molecule has 2 atom stereocenters. The molecule has 31 heavy (non-hydrogen) atoms. The molecule has 1 aliphatic carbocycles. The highest BCUT2D eigenvalue weighted by Gasteiger charge is 2.32. The van der Waals surface area contributed by atoms with Crippen LogP contribution in [-0.2, 0) is 17.1 Å². The van der Waals surface area contributed by atoms with E-state index in [-0.39, 0.29) is 28.6 Å². The summed E-state index contributed by atoms with van der Waals surface area (Å²) in [6.07, 6.45) is 7.80. The summed E-state index contributed by atoms with van der Waals surface area (Å²) in [7, 11) is -2.36. The van der Waals surface area contributed by atoms with Gasteiger partial charge in [0.05, 0.1) is 0 Å². The van der Waals surface area contributed by atoms with Gasteiger partial charge in [-0.3, -0.25) is 9.40 Å². The van der Waals surface area contributed by atoms with Crippen LogP contribution in [0, 0.1) is 5.82 Å². The van der Waals surface area contributed by atoms with Gasteiger partial charge in [0.25, 0.3) is 10.0 Å². The summed E-state index contributed by atoms with van der Waals surface area (Å²) in [6, 6.07) is 5.83. The van der Waals surface area contributed by atoms with E-state index < -0.39 is 20.7 Å². The third-order valence-corrected chi connectivity index (χ3v) is 7.07. The lowest BCUT2D eigenvalue weighted by Gasteiger charge is -2.32. The second kappa shape index (κ2) is 8.80. The van der Waals surface area contributed by atoms with Crippen molar-refractivity contribution in [2.24, 2.45) is 7.05 Å². The highest BCUT2D eigenvalue weighted by atomic mass is 35.5. The summed E-state index contributed by atoms with van der Waals surface area (Å²) in [5.74, 6) is -0.858. The third-order valence-electron chi connectivity index (χ3n) is 5.34. The number of nitrogens with one attached hydrogen (secondary N) is 1. The van der Waals surface area contributed by atoms with E-state index in [0.717, 1.165) is 37.4 Å². The van der Waals surface area contributed by atoms with Crippen molar-refractivity contribution >= 4 is 27.4 Å². The summed E-state index contributed by atoms with van der Waals surface area (Å²) in [4.78, 5) is 6.91. The number of hydrogen-bond acceptors (Lipinski definition) is 6. The topological polar surface area (TPSA) is 99.0 Å². The van der Waals surface area contributed by atoms with Gasteiger partial charge in [-0.05, 0) is 43.5 Å². The van der Waals surface area contributed by atoms with Crippen LogP contribution in [0.3, 0.4) is 0 Å². The zero-order chi connectivity index (χ0) is 22.0. The number of halogens is 2. The number of aromatic nitrogens is 4. The predicted molar refractivity (Wildman–Crippen MR) is 113 cm³/mol. The van der Waals surface area contributed by atoms with Gasteiger partial charge in [0.2, 0.25) is 0 Å². The average molecular weight is 466 g/mol. The molecule has 3 aromatic rings. The number of nitrogens with zero attached hydrogens (tertiary/aromatic N) is 4. The minimum atomic E-state index is -4.24. The van der Waals surface area contributed by atoms with Gasteiger partial charge in [-0.1, -0.05) is 18.0 Å². The molecule has 2 aromatic heterocycles. The van der Waals surface area contributed by atoms with E-state index in [1.807, 2.05) is 17.8 Å². The molecule has 8 nitrogen and oxygen atoms in total. The first-order valence-electron chi connectivity index (χ1n) is 9.78. The van der Waals surface area contributed by atoms with Gasteiger partial charge in [-0.25, -0.2) is 22.8 Å². The molecule has 0 spiro atoms. The van der Waals surface area contributed by atoms with Crippen LogP contribution in [0.15, 0.2) is 47.9 Å². The summed E-state index contributed by atoms with van der Waals surface area (Å²) in [5, 5.41) is 3.86. The van der Waals surface area contributed by atoms with Crippen LogP contribution in [0.4, 0.5) is 10.2 Å². The monoisotopic (exact) mass is 465 g/mol. The molecule has 0 radical (unpaired) electrons. The van der Waals surface area contributed by atoms with Crippen LogP contribution in [0.1, 0.15) is 37.3 Å². The Morgan fingerprint density at radius 1 is 1.19 bits per heavy atom. The van der Waals surface area contributed by atoms with Crippen molar-refractivity contribution < 1.29 is 17.5 Å². The minimum absolute atomic E-state index is 0.0204. The number of aryl methyl sites for hydroxylation is 1. The van der Waals surface area contributed by atoms with Crippen LogP contribution < -0.4 is 9.46 Å². The highest BCUT2D eigenvalue weighted by molar-refractivity contribution is 7.92. The summed E-state index contributed by atoms with van der Waals surface area (Å²) >= 11 is 6.20. The van der Waals surface area contributed by atoms with Gasteiger partial charge in [-0.2, -0.15) is 5.10 Å². The second-order valence-electron chi connectivity index (χ2n) is 7.32. The van der Waals surface area contributed by atoms with Crippen LogP contribution in [0.25, 0.3) is 0 Å². The Morgan fingerprint density at radius 3 is 2.71 bits per heavy atom. The fourth-order valence-corrected chi connectivity index (χ4v) is 5.20. The molecule has 164 valence electrons. The number of hydrogen-bond donors (Lipinski definition) is 1. The van der Waals surface area contributed by atoms with Gasteiger partial charge < -0.3 is 4.74 Å². The first-order chi connectivity index (χ1) is 14.9. The number of sulfonamides is 1. The molecule has 1 aromatic carbocycles. The van der Waals surface area contributed by atoms with Crippen molar-refractivity contribution in [3.63, 3.8) is 0 Å². The lowest BCUT2D eigenvalue weighted by molar-refractivity contribution is 0.126. The van der Waals surface area contributed by atoms with E-state index >= 15 is 0 Å². The number of benzene rings is 1. The molecular weight excluding hydrogens is 445 g/mol. The molecule has 0 bridgehead atoms. The maximum Gasteiger partial charge on any atom is 0.266 e. The Bertz CT molecular complexity index is 1170. The smallest absolute Gasteiger partial charge is 0.266 e. The lowest BCUT2D eigenvalue weighted by Crippen LogP contribution is -2.30. The van der Waals surface area contributed by atoms with Crippen molar-refractivity contribution in [2.75, 3.05) is 4.72 Å². The van der Waals surface area contributed by atoms with E-state index in [1.54, 1.807) is 6.20 Å². The zero-order valence-corrected chi connectivity index (χ0v) is 18.3. The molecule has 1 saturated carbocycles. The molecular formula is C20H21ClFN5O3S. The molecule has 1 aliphatic rings. The number of rotatable bonds is 6. The molecule has 4 rings (SSSR count). The van der Waals surface area contributed by atoms with Crippen LogP contribution >= 0.6 is 11.6 Å². The number of ether oxygens (including phenoxy) is 1. The van der Waals surface area contributed by atoms with E-state index in [0.29, 0.717) is 0 Å². The Morgan fingerprint density at radius 2 is 2.00 bits per heavy atom. The van der Waals surface area contributed by atoms with Crippen molar-refractivity contribution in [3.8, 4) is 5.75 Å². The molecule has 11 heteroatoms. The molecule has 0 aliphatic heterocycles. The maximum atomic E-state index is 15.0. The zero-order valence-electron chi connectivity index (χ0n) is 16.7. The molecule has 0 saturated heterocycles. The van der Waals surface area contributed by atoms with Crippen molar-refractivity contribution in [3.05, 3.63) is 59.5 Å². The summed E-state index contributed by atoms with van der Waals surface area (Å²) in [6.45, 7) is 0. The summed E-state index contributed by atoms with van der Waals surface area (Å²) in [5.41, 5.74) is 1.04. The fraction of sp³-hybridized carbons (Fsp3) is 0.350. The van der Waals surface area contributed by atoms with Crippen LogP contribution in [0.2, 0.25) is 5.02 Å². The van der Waals surface area contributed by atoms with Gasteiger partial charge in [0, 0.05) is 31.1 Å². The van der Waals surface area contributed by atoms with E-state index in [1.165, 1.54) is 24.7 Å². The largest absolute Gasteiger partial charge is 0.488 e. The maximum absolute atomic E-state index is 15.0. The van der Waals surface area contributed by atoms with Crippen molar-refractivity contribution in [2.45, 2.75) is 42.6 Å². The first-order valence-corrected chi connectivity index (χ1v) is 11.6. The Labute approximate surface area is 184 Å². The third kappa shape index (κ3) is 4.49.